The van der Waals surface area contributed by atoms with E-state index in [1.54, 1.807) is 42.7 Å². The average Bonchev–Trinajstić information content (AvgIpc) is 3.85. The van der Waals surface area contributed by atoms with Gasteiger partial charge in [-0.05, 0) is 77.8 Å². The Bertz CT molecular complexity index is 2550. The van der Waals surface area contributed by atoms with Gasteiger partial charge in [0.2, 0.25) is 23.6 Å². The second-order valence-corrected chi connectivity index (χ2v) is 18.6. The largest absolute Gasteiger partial charge is 0.508 e. The topological polar surface area (TPSA) is 218 Å². The summed E-state index contributed by atoms with van der Waals surface area (Å²) >= 11 is 6.17. The maximum Gasteiger partial charge on any atom is 0.326 e. The highest BCUT2D eigenvalue weighted by Gasteiger charge is 2.39. The van der Waals surface area contributed by atoms with Crippen molar-refractivity contribution in [3.63, 3.8) is 0 Å². The van der Waals surface area contributed by atoms with Gasteiger partial charge in [0.15, 0.2) is 0 Å². The lowest BCUT2D eigenvalue weighted by molar-refractivity contribution is -0.142. The Balaban J connectivity index is 1.21. The predicted octanol–water partition coefficient (Wildman–Crippen LogP) is 7.62. The highest BCUT2D eigenvalue weighted by molar-refractivity contribution is 6.30. The minimum Gasteiger partial charge on any atom is -0.508 e. The minimum atomic E-state index is -1.38. The van der Waals surface area contributed by atoms with Gasteiger partial charge in [0, 0.05) is 43.4 Å². The van der Waals surface area contributed by atoms with Crippen molar-refractivity contribution in [3.8, 4) is 5.75 Å². The maximum absolute atomic E-state index is 14.5. The Hall–Kier alpha value is -7.29. The van der Waals surface area contributed by atoms with Gasteiger partial charge in [0.25, 0.3) is 0 Å². The van der Waals surface area contributed by atoms with Crippen molar-refractivity contribution in [2.45, 2.75) is 114 Å². The molecule has 0 radical (unpaired) electrons. The summed E-state index contributed by atoms with van der Waals surface area (Å²) in [6.45, 7) is 2.51. The van der Waals surface area contributed by atoms with E-state index in [2.05, 4.69) is 64.6 Å². The van der Waals surface area contributed by atoms with E-state index in [-0.39, 0.29) is 37.3 Å². The van der Waals surface area contributed by atoms with E-state index in [1.807, 2.05) is 65.4 Å². The zero-order valence-corrected chi connectivity index (χ0v) is 41.5. The fraction of sp³-hybridized carbons (Fsp3) is 0.333. The Kier molecular flexibility index (Phi) is 20.5. The van der Waals surface area contributed by atoms with Crippen molar-refractivity contribution in [2.75, 3.05) is 6.54 Å². The van der Waals surface area contributed by atoms with Crippen molar-refractivity contribution in [3.05, 3.63) is 191 Å². The summed E-state index contributed by atoms with van der Waals surface area (Å²) in [5, 5.41) is 31.6. The molecule has 5 aromatic carbocycles. The van der Waals surface area contributed by atoms with E-state index in [0.717, 1.165) is 48.8 Å². The number of carbonyl (C=O) groups is 5. The van der Waals surface area contributed by atoms with Gasteiger partial charge in [-0.2, -0.15) is 0 Å². The summed E-state index contributed by atoms with van der Waals surface area (Å²) < 4.78 is 2.03. The molecule has 0 unspecified atom stereocenters. The second kappa shape index (κ2) is 27.4. The summed E-state index contributed by atoms with van der Waals surface area (Å²) in [4.78, 5) is 72.5. The number of nitrogens with one attached hydrogen (secondary N) is 4. The van der Waals surface area contributed by atoms with Crippen LogP contribution in [0.3, 0.4) is 0 Å². The standard InChI is InChI=1S/C57H66ClN7O7/c1-2-3-4-5-15-25-52(67)60-34-17-16-24-49(54(69)63-50(35-40-26-30-45(58)31-27-40)55(70)64-51(56(71)72)36-41-28-32-47(66)33-29-41)62-53(68)48(59)37-46-38-65(39-61-46)57(42-18-9-6-10-19-42,43-20-11-7-12-21-43)44-22-13-8-14-23-44/h6-14,18-23,26-33,38-39,48-51,66H,2-5,15-17,24-25,34-37,59H2,1H3,(H,60,67)(H,62,68)(H,63,69)(H,64,70)(H,71,72)/t48-,49+,50+,51-/m0/s1. The molecule has 0 saturated carbocycles. The second-order valence-electron chi connectivity index (χ2n) is 18.1. The molecule has 0 fully saturated rings. The van der Waals surface area contributed by atoms with E-state index < -0.39 is 53.4 Å². The number of benzene rings is 5. The summed E-state index contributed by atoms with van der Waals surface area (Å²) in [5.74, 6) is -3.42. The predicted molar refractivity (Wildman–Crippen MR) is 279 cm³/mol. The molecular weight excluding hydrogens is 930 g/mol. The molecule has 1 aromatic heterocycles. The number of phenols is 1. The zero-order chi connectivity index (χ0) is 51.3. The van der Waals surface area contributed by atoms with Crippen molar-refractivity contribution < 1.29 is 34.2 Å². The fourth-order valence-electron chi connectivity index (χ4n) is 8.86. The van der Waals surface area contributed by atoms with Crippen LogP contribution in [0, 0.1) is 0 Å². The molecule has 6 rings (SSSR count). The number of aromatic hydroxyl groups is 1. The van der Waals surface area contributed by atoms with Crippen molar-refractivity contribution >= 4 is 41.2 Å². The first-order valence-electron chi connectivity index (χ1n) is 24.8. The number of nitrogens with two attached hydrogens (primary N) is 1. The first kappa shape index (κ1) is 54.1. The number of unbranched alkanes of at least 4 members (excludes halogenated alkanes) is 5. The molecule has 6 aromatic rings. The van der Waals surface area contributed by atoms with Crippen molar-refractivity contribution in [1.29, 1.82) is 0 Å². The molecule has 15 heteroatoms. The van der Waals surface area contributed by atoms with E-state index >= 15 is 0 Å². The van der Waals surface area contributed by atoms with Crippen LogP contribution in [0.1, 0.15) is 98.2 Å². The highest BCUT2D eigenvalue weighted by Crippen LogP contribution is 2.40. The quantitative estimate of drug-likeness (QED) is 0.0190. The van der Waals surface area contributed by atoms with Crippen LogP contribution in [0.15, 0.2) is 152 Å². The van der Waals surface area contributed by atoms with Crippen LogP contribution in [0.4, 0.5) is 0 Å². The van der Waals surface area contributed by atoms with Crippen LogP contribution in [0.25, 0.3) is 0 Å². The van der Waals surface area contributed by atoms with E-state index in [4.69, 9.17) is 22.3 Å². The first-order chi connectivity index (χ1) is 34.9. The molecule has 378 valence electrons. The summed E-state index contributed by atoms with van der Waals surface area (Å²) in [6.07, 6.45) is 10.1. The normalized spacial score (nSPS) is 13.0. The Labute approximate surface area is 426 Å². The van der Waals surface area contributed by atoms with Gasteiger partial charge in [0.05, 0.1) is 18.1 Å². The van der Waals surface area contributed by atoms with Gasteiger partial charge in [0.1, 0.15) is 29.4 Å². The number of carboxylic acids is 1. The number of imidazole rings is 1. The molecule has 0 bridgehead atoms. The molecule has 14 nitrogen and oxygen atoms in total. The summed E-state index contributed by atoms with van der Waals surface area (Å²) in [6, 6.07) is 37.9. The number of nitrogens with zero attached hydrogens (tertiary/aromatic N) is 2. The zero-order valence-electron chi connectivity index (χ0n) is 40.7. The third-order valence-corrected chi connectivity index (χ3v) is 13.0. The maximum atomic E-state index is 14.5. The van der Waals surface area contributed by atoms with Crippen molar-refractivity contribution in [2.24, 2.45) is 5.73 Å². The van der Waals surface area contributed by atoms with Gasteiger partial charge in [-0.15, -0.1) is 0 Å². The third-order valence-electron chi connectivity index (χ3n) is 12.7. The number of aromatic nitrogens is 2. The van der Waals surface area contributed by atoms with Crippen molar-refractivity contribution in [1.82, 2.24) is 30.8 Å². The van der Waals surface area contributed by atoms with Crippen LogP contribution in [0.5, 0.6) is 5.75 Å². The molecule has 0 aliphatic rings. The number of carbonyl (C=O) groups excluding carboxylic acids is 4. The van der Waals surface area contributed by atoms with E-state index in [0.29, 0.717) is 47.7 Å². The average molecular weight is 997 g/mol. The monoisotopic (exact) mass is 995 g/mol. The van der Waals surface area contributed by atoms with Gasteiger partial charge in [-0.3, -0.25) is 19.2 Å². The van der Waals surface area contributed by atoms with Crippen LogP contribution >= 0.6 is 11.6 Å². The Morgan fingerprint density at radius 2 is 1.14 bits per heavy atom. The number of aliphatic carboxylic acids is 1. The fourth-order valence-corrected chi connectivity index (χ4v) is 8.99. The van der Waals surface area contributed by atoms with Gasteiger partial charge >= 0.3 is 5.97 Å². The number of amides is 4. The van der Waals surface area contributed by atoms with Gasteiger partial charge in [-0.1, -0.05) is 159 Å². The van der Waals surface area contributed by atoms with Crippen LogP contribution in [-0.4, -0.2) is 80.1 Å². The molecule has 72 heavy (non-hydrogen) atoms. The first-order valence-corrected chi connectivity index (χ1v) is 25.1. The molecular formula is C57H66ClN7O7. The summed E-state index contributed by atoms with van der Waals surface area (Å²) in [7, 11) is 0. The number of hydrogen-bond donors (Lipinski definition) is 7. The Morgan fingerprint density at radius 3 is 1.71 bits per heavy atom. The molecule has 0 aliphatic heterocycles. The minimum absolute atomic E-state index is 0.00394. The van der Waals surface area contributed by atoms with E-state index in [9.17, 15) is 34.2 Å². The molecule has 8 N–H and O–H groups in total. The number of rotatable bonds is 28. The molecule has 0 saturated heterocycles. The smallest absolute Gasteiger partial charge is 0.326 e. The lowest BCUT2D eigenvalue weighted by Gasteiger charge is -2.37. The lowest BCUT2D eigenvalue weighted by Crippen LogP contribution is -2.58. The van der Waals surface area contributed by atoms with Crippen LogP contribution in [-0.2, 0) is 48.8 Å². The molecule has 4 amide bonds. The Morgan fingerprint density at radius 1 is 0.625 bits per heavy atom. The van der Waals surface area contributed by atoms with Crippen LogP contribution in [0.2, 0.25) is 5.02 Å². The lowest BCUT2D eigenvalue weighted by atomic mass is 9.77. The van der Waals surface area contributed by atoms with Gasteiger partial charge < -0.3 is 41.8 Å². The number of phenolic OH excluding ortho intramolecular Hbond substituents is 1. The van der Waals surface area contributed by atoms with Crippen LogP contribution < -0.4 is 27.0 Å². The molecule has 0 spiro atoms. The molecule has 0 aliphatic carbocycles. The summed E-state index contributed by atoms with van der Waals surface area (Å²) in [5.41, 5.74) is 10.5. The molecule has 1 heterocycles. The molecule has 4 atom stereocenters. The highest BCUT2D eigenvalue weighted by atomic mass is 35.5. The van der Waals surface area contributed by atoms with Gasteiger partial charge in [-0.25, -0.2) is 9.78 Å². The number of carboxylic acid groups (broad SMARTS) is 1. The third kappa shape index (κ3) is 15.4. The number of halogens is 1. The SMILES string of the molecule is CCCCCCCC(=O)NCCCC[C@@H](NC(=O)[C@@H](N)Cc1cn(C(c2ccccc2)(c2ccccc2)c2ccccc2)cn1)C(=O)N[C@H](Cc1ccc(Cl)cc1)C(=O)N[C@@H](Cc1ccc(O)cc1)C(=O)O. The number of hydrogen-bond acceptors (Lipinski definition) is 8. The van der Waals surface area contributed by atoms with E-state index in [1.165, 1.54) is 12.1 Å².